The van der Waals surface area contributed by atoms with Gasteiger partial charge < -0.3 is 10.5 Å². The smallest absolute Gasteiger partial charge is 0.118 e. The van der Waals surface area contributed by atoms with Crippen molar-refractivity contribution in [2.45, 2.75) is 0 Å². The Morgan fingerprint density at radius 3 is 2.22 bits per heavy atom. The molecule has 1 aromatic rings. The molecule has 2 heteroatoms. The Morgan fingerprint density at radius 1 is 1.22 bits per heavy atom. The summed E-state index contributed by atoms with van der Waals surface area (Å²) in [6.45, 7) is 0. The first kappa shape index (κ1) is 5.95. The Hall–Kier alpha value is -1.18. The standard InChI is InChI=1S/C7H8NO/c1-9-7-4-2-6(8)3-5-7/h2-5,8H,1H3/q-1. The van der Waals surface area contributed by atoms with Crippen molar-refractivity contribution in [2.24, 2.45) is 0 Å². The minimum absolute atomic E-state index is 0.510. The molecule has 1 N–H and O–H groups in total. The van der Waals surface area contributed by atoms with E-state index < -0.39 is 0 Å². The summed E-state index contributed by atoms with van der Waals surface area (Å²) < 4.78 is 4.89. The van der Waals surface area contributed by atoms with Crippen LogP contribution in [0.2, 0.25) is 0 Å². The number of nitrogens with one attached hydrogen (secondary N) is 1. The van der Waals surface area contributed by atoms with Gasteiger partial charge in [0, 0.05) is 0 Å². The normalized spacial score (nSPS) is 9.00. The van der Waals surface area contributed by atoms with E-state index in [0.717, 1.165) is 5.75 Å². The summed E-state index contributed by atoms with van der Waals surface area (Å²) in [6, 6.07) is 6.92. The molecule has 0 unspecified atom stereocenters. The average Bonchev–Trinajstić information content (AvgIpc) is 1.90. The van der Waals surface area contributed by atoms with Crippen LogP contribution in [-0.2, 0) is 0 Å². The molecule has 0 saturated carbocycles. The number of benzene rings is 1. The molecule has 2 nitrogen and oxygen atoms in total. The van der Waals surface area contributed by atoms with Gasteiger partial charge in [0.1, 0.15) is 5.75 Å². The molecule has 0 bridgehead atoms. The van der Waals surface area contributed by atoms with Crippen LogP contribution in [0.3, 0.4) is 0 Å². The van der Waals surface area contributed by atoms with E-state index in [9.17, 15) is 0 Å². The molecule has 1 aromatic carbocycles. The highest BCUT2D eigenvalue weighted by Gasteiger charge is 1.82. The van der Waals surface area contributed by atoms with Crippen molar-refractivity contribution in [3.05, 3.63) is 30.0 Å². The van der Waals surface area contributed by atoms with Crippen molar-refractivity contribution in [3.8, 4) is 5.75 Å². The van der Waals surface area contributed by atoms with E-state index >= 15 is 0 Å². The summed E-state index contributed by atoms with van der Waals surface area (Å²) in [7, 11) is 1.61. The lowest BCUT2D eigenvalue weighted by Gasteiger charge is -2.02. The van der Waals surface area contributed by atoms with Crippen LogP contribution in [0.4, 0.5) is 5.69 Å². The van der Waals surface area contributed by atoms with Gasteiger partial charge in [0.05, 0.1) is 7.11 Å². The van der Waals surface area contributed by atoms with E-state index in [1.807, 2.05) is 0 Å². The number of hydrogen-bond acceptors (Lipinski definition) is 1. The van der Waals surface area contributed by atoms with Crippen molar-refractivity contribution >= 4 is 5.69 Å². The van der Waals surface area contributed by atoms with Crippen LogP contribution in [0.1, 0.15) is 0 Å². The largest absolute Gasteiger partial charge is 0.699 e. The highest BCUT2D eigenvalue weighted by molar-refractivity contribution is 5.45. The Balaban J connectivity index is 2.88. The lowest BCUT2D eigenvalue weighted by molar-refractivity contribution is 0.415. The molecule has 0 heterocycles. The number of ether oxygens (including phenoxy) is 1. The quantitative estimate of drug-likeness (QED) is 0.562. The van der Waals surface area contributed by atoms with E-state index in [4.69, 9.17) is 10.5 Å². The zero-order valence-electron chi connectivity index (χ0n) is 5.22. The fourth-order valence-electron chi connectivity index (χ4n) is 0.591. The maximum absolute atomic E-state index is 7.11. The SMILES string of the molecule is COc1ccc([NH-])cc1. The first-order valence-electron chi connectivity index (χ1n) is 2.68. The van der Waals surface area contributed by atoms with Gasteiger partial charge >= 0.3 is 0 Å². The molecule has 9 heavy (non-hydrogen) atoms. The van der Waals surface area contributed by atoms with E-state index in [1.54, 1.807) is 31.4 Å². The van der Waals surface area contributed by atoms with Crippen LogP contribution in [0, 0.1) is 0 Å². The van der Waals surface area contributed by atoms with Gasteiger partial charge in [-0.1, -0.05) is 12.1 Å². The van der Waals surface area contributed by atoms with Gasteiger partial charge in [0.25, 0.3) is 0 Å². The fourth-order valence-corrected chi connectivity index (χ4v) is 0.591. The van der Waals surface area contributed by atoms with Crippen molar-refractivity contribution < 1.29 is 4.74 Å². The maximum atomic E-state index is 7.11. The first-order chi connectivity index (χ1) is 4.33. The lowest BCUT2D eigenvalue weighted by atomic mass is 10.3. The monoisotopic (exact) mass is 122 g/mol. The molecule has 0 fully saturated rings. The molecule has 0 aromatic heterocycles. The summed E-state index contributed by atoms with van der Waals surface area (Å²) in [5.41, 5.74) is 7.62. The van der Waals surface area contributed by atoms with E-state index in [2.05, 4.69) is 0 Å². The molecule has 0 aliphatic rings. The second-order valence-electron chi connectivity index (χ2n) is 1.73. The Kier molecular flexibility index (Phi) is 1.58. The molecule has 0 atom stereocenters. The highest BCUT2D eigenvalue weighted by atomic mass is 16.5. The Bertz CT molecular complexity index is 181. The second kappa shape index (κ2) is 2.40. The van der Waals surface area contributed by atoms with Crippen LogP contribution in [-0.4, -0.2) is 7.11 Å². The van der Waals surface area contributed by atoms with Crippen molar-refractivity contribution in [3.63, 3.8) is 0 Å². The number of hydrogen-bond donors (Lipinski definition) is 0. The summed E-state index contributed by atoms with van der Waals surface area (Å²) in [5, 5.41) is 0. The van der Waals surface area contributed by atoms with Gasteiger partial charge in [-0.25, -0.2) is 0 Å². The minimum atomic E-state index is 0.510. The van der Waals surface area contributed by atoms with Crippen LogP contribution in [0.15, 0.2) is 24.3 Å². The second-order valence-corrected chi connectivity index (χ2v) is 1.73. The lowest BCUT2D eigenvalue weighted by Crippen LogP contribution is -1.78. The molecule has 48 valence electrons. The molecule has 0 aliphatic carbocycles. The molecule has 1 rings (SSSR count). The molecule has 0 saturated heterocycles. The van der Waals surface area contributed by atoms with Gasteiger partial charge in [-0.15, -0.1) is 5.69 Å². The van der Waals surface area contributed by atoms with Crippen molar-refractivity contribution in [1.82, 2.24) is 0 Å². The van der Waals surface area contributed by atoms with Gasteiger partial charge in [-0.05, 0) is 12.1 Å². The predicted molar refractivity (Wildman–Crippen MR) is 37.0 cm³/mol. The number of methoxy groups -OCH3 is 1. The fraction of sp³-hybridized carbons (Fsp3) is 0.143. The van der Waals surface area contributed by atoms with Crippen LogP contribution >= 0.6 is 0 Å². The minimum Gasteiger partial charge on any atom is -0.699 e. The Labute approximate surface area is 54.2 Å². The summed E-state index contributed by atoms with van der Waals surface area (Å²) in [6.07, 6.45) is 0. The summed E-state index contributed by atoms with van der Waals surface area (Å²) >= 11 is 0. The Morgan fingerprint density at radius 2 is 1.78 bits per heavy atom. The molecular formula is C7H8NO-. The van der Waals surface area contributed by atoms with E-state index in [-0.39, 0.29) is 0 Å². The zero-order chi connectivity index (χ0) is 6.69. The third-order valence-corrected chi connectivity index (χ3v) is 1.09. The average molecular weight is 122 g/mol. The van der Waals surface area contributed by atoms with Crippen molar-refractivity contribution in [2.75, 3.05) is 7.11 Å². The molecular weight excluding hydrogens is 114 g/mol. The maximum Gasteiger partial charge on any atom is 0.118 e. The summed E-state index contributed by atoms with van der Waals surface area (Å²) in [5.74, 6) is 0.797. The van der Waals surface area contributed by atoms with Crippen LogP contribution < -0.4 is 4.74 Å². The third kappa shape index (κ3) is 1.35. The van der Waals surface area contributed by atoms with Crippen LogP contribution in [0.5, 0.6) is 5.75 Å². The molecule has 0 radical (unpaired) electrons. The van der Waals surface area contributed by atoms with Gasteiger partial charge in [0.15, 0.2) is 0 Å². The predicted octanol–water partition coefficient (Wildman–Crippen LogP) is 2.38. The van der Waals surface area contributed by atoms with Gasteiger partial charge in [-0.3, -0.25) is 0 Å². The molecule has 0 amide bonds. The van der Waals surface area contributed by atoms with E-state index in [0.29, 0.717) is 5.69 Å². The van der Waals surface area contributed by atoms with Gasteiger partial charge in [0.2, 0.25) is 0 Å². The first-order valence-corrected chi connectivity index (χ1v) is 2.68. The molecule has 0 aliphatic heterocycles. The number of rotatable bonds is 1. The topological polar surface area (TPSA) is 33.0 Å². The molecule has 0 spiro atoms. The van der Waals surface area contributed by atoms with Crippen LogP contribution in [0.25, 0.3) is 5.73 Å². The van der Waals surface area contributed by atoms with Gasteiger partial charge in [-0.2, -0.15) is 0 Å². The van der Waals surface area contributed by atoms with E-state index in [1.165, 1.54) is 0 Å². The highest BCUT2D eigenvalue weighted by Crippen LogP contribution is 2.15. The zero-order valence-corrected chi connectivity index (χ0v) is 5.22. The summed E-state index contributed by atoms with van der Waals surface area (Å²) in [4.78, 5) is 0. The van der Waals surface area contributed by atoms with Crippen molar-refractivity contribution in [1.29, 1.82) is 0 Å². The third-order valence-electron chi connectivity index (χ3n) is 1.09.